The number of rotatable bonds is 3. The van der Waals surface area contributed by atoms with Crippen molar-refractivity contribution in [2.24, 2.45) is 11.8 Å². The van der Waals surface area contributed by atoms with Crippen LogP contribution in [0.1, 0.15) is 45.3 Å². The first-order valence-corrected chi connectivity index (χ1v) is 10.0. The highest BCUT2D eigenvalue weighted by atomic mass is 16.5. The highest BCUT2D eigenvalue weighted by Gasteiger charge is 2.56. The quantitative estimate of drug-likeness (QED) is 0.829. The van der Waals surface area contributed by atoms with Crippen molar-refractivity contribution >= 4 is 0 Å². The predicted octanol–water partition coefficient (Wildman–Crippen LogP) is 4.35. The maximum atomic E-state index is 11.0. The molecule has 0 radical (unpaired) electrons. The molecule has 1 aliphatic carbocycles. The van der Waals surface area contributed by atoms with Crippen LogP contribution < -0.4 is 4.74 Å². The molecule has 1 saturated heterocycles. The Morgan fingerprint density at radius 1 is 0.929 bits per heavy atom. The van der Waals surface area contributed by atoms with E-state index >= 15 is 0 Å². The highest BCUT2D eigenvalue weighted by Crippen LogP contribution is 2.54. The number of aliphatic hydroxyl groups is 2. The van der Waals surface area contributed by atoms with Gasteiger partial charge in [0.05, 0.1) is 30.5 Å². The topological polar surface area (TPSA) is 58.9 Å². The molecule has 2 N–H and O–H groups in total. The number of methoxy groups -OCH3 is 1. The summed E-state index contributed by atoms with van der Waals surface area (Å²) in [7, 11) is 1.66. The Morgan fingerprint density at radius 3 is 2.07 bits per heavy atom. The summed E-state index contributed by atoms with van der Waals surface area (Å²) >= 11 is 0. The van der Waals surface area contributed by atoms with Crippen LogP contribution in [-0.4, -0.2) is 34.6 Å². The fourth-order valence-electron chi connectivity index (χ4n) is 4.85. The standard InChI is InChI=1S/C24H30O4/c1-23(2)18-13-20(24(3,26)21(25)14-18)22(28-23)17-7-5-15(6-8-17)16-9-11-19(27-4)12-10-16/h5-12,18,20-22,25-26H,13-14H2,1-4H3/t18-,20+,21-,22-,24-/m0/s1. The molecular weight excluding hydrogens is 352 g/mol. The lowest BCUT2D eigenvalue weighted by Gasteiger charge is -2.56. The summed E-state index contributed by atoms with van der Waals surface area (Å²) in [4.78, 5) is 0. The van der Waals surface area contributed by atoms with Crippen molar-refractivity contribution < 1.29 is 19.7 Å². The van der Waals surface area contributed by atoms with Crippen LogP contribution in [0.2, 0.25) is 0 Å². The van der Waals surface area contributed by atoms with Gasteiger partial charge in [-0.2, -0.15) is 0 Å². The highest BCUT2D eigenvalue weighted by molar-refractivity contribution is 5.64. The molecule has 1 saturated carbocycles. The molecule has 4 heteroatoms. The molecule has 1 aliphatic heterocycles. The van der Waals surface area contributed by atoms with Crippen LogP contribution in [0.3, 0.4) is 0 Å². The molecular formula is C24H30O4. The van der Waals surface area contributed by atoms with Gasteiger partial charge in [-0.25, -0.2) is 0 Å². The zero-order valence-electron chi connectivity index (χ0n) is 17.1. The lowest BCUT2D eigenvalue weighted by Crippen LogP contribution is -2.60. The molecule has 0 amide bonds. The van der Waals surface area contributed by atoms with Crippen LogP contribution in [0.4, 0.5) is 0 Å². The fraction of sp³-hybridized carbons (Fsp3) is 0.500. The summed E-state index contributed by atoms with van der Waals surface area (Å²) in [5, 5.41) is 21.6. The molecule has 0 aromatic heterocycles. The van der Waals surface area contributed by atoms with Crippen molar-refractivity contribution in [1.82, 2.24) is 0 Å². The minimum absolute atomic E-state index is 0.124. The van der Waals surface area contributed by atoms with Crippen LogP contribution in [0, 0.1) is 11.8 Å². The molecule has 0 unspecified atom stereocenters. The van der Waals surface area contributed by atoms with Crippen LogP contribution >= 0.6 is 0 Å². The molecule has 0 spiro atoms. The molecule has 1 heterocycles. The predicted molar refractivity (Wildman–Crippen MR) is 109 cm³/mol. The van der Waals surface area contributed by atoms with Gasteiger partial charge >= 0.3 is 0 Å². The average Bonchev–Trinajstić information content (AvgIpc) is 2.68. The molecule has 4 nitrogen and oxygen atoms in total. The van der Waals surface area contributed by atoms with E-state index in [1.165, 1.54) is 0 Å². The Balaban J connectivity index is 1.63. The number of benzene rings is 2. The van der Waals surface area contributed by atoms with Gasteiger partial charge in [0, 0.05) is 5.92 Å². The number of aliphatic hydroxyl groups excluding tert-OH is 1. The zero-order chi connectivity index (χ0) is 20.1. The molecule has 28 heavy (non-hydrogen) atoms. The third-order valence-electron chi connectivity index (χ3n) is 6.91. The smallest absolute Gasteiger partial charge is 0.118 e. The number of hydrogen-bond donors (Lipinski definition) is 2. The minimum Gasteiger partial charge on any atom is -0.497 e. The van der Waals surface area contributed by atoms with Gasteiger partial charge in [0.2, 0.25) is 0 Å². The monoisotopic (exact) mass is 382 g/mol. The lowest BCUT2D eigenvalue weighted by molar-refractivity contribution is -0.261. The molecule has 2 bridgehead atoms. The van der Waals surface area contributed by atoms with Gasteiger partial charge in [-0.05, 0) is 68.4 Å². The Kier molecular flexibility index (Phi) is 4.77. The van der Waals surface area contributed by atoms with E-state index in [9.17, 15) is 10.2 Å². The summed E-state index contributed by atoms with van der Waals surface area (Å²) < 4.78 is 11.7. The summed E-state index contributed by atoms with van der Waals surface area (Å²) in [6, 6.07) is 16.3. The first kappa shape index (κ1) is 19.4. The van der Waals surface area contributed by atoms with E-state index in [0.29, 0.717) is 6.42 Å². The maximum absolute atomic E-state index is 11.0. The van der Waals surface area contributed by atoms with E-state index in [2.05, 4.69) is 38.1 Å². The van der Waals surface area contributed by atoms with Gasteiger partial charge < -0.3 is 19.7 Å². The second-order valence-corrected chi connectivity index (χ2v) is 9.01. The van der Waals surface area contributed by atoms with Gasteiger partial charge in [0.1, 0.15) is 5.75 Å². The molecule has 2 aromatic rings. The lowest BCUT2D eigenvalue weighted by atomic mass is 9.61. The van der Waals surface area contributed by atoms with E-state index in [0.717, 1.165) is 28.9 Å². The van der Waals surface area contributed by atoms with E-state index in [-0.39, 0.29) is 23.5 Å². The first-order valence-electron chi connectivity index (χ1n) is 10.0. The van der Waals surface area contributed by atoms with Crippen LogP contribution in [0.5, 0.6) is 5.75 Å². The molecule has 2 aromatic carbocycles. The van der Waals surface area contributed by atoms with Gasteiger partial charge in [-0.3, -0.25) is 0 Å². The van der Waals surface area contributed by atoms with Crippen molar-refractivity contribution in [1.29, 1.82) is 0 Å². The largest absolute Gasteiger partial charge is 0.497 e. The molecule has 4 rings (SSSR count). The Labute approximate surface area is 167 Å². The van der Waals surface area contributed by atoms with Gasteiger partial charge in [0.25, 0.3) is 0 Å². The molecule has 5 atom stereocenters. The van der Waals surface area contributed by atoms with E-state index < -0.39 is 11.7 Å². The molecule has 2 aliphatic rings. The molecule has 150 valence electrons. The maximum Gasteiger partial charge on any atom is 0.118 e. The van der Waals surface area contributed by atoms with Crippen LogP contribution in [-0.2, 0) is 4.74 Å². The van der Waals surface area contributed by atoms with Crippen molar-refractivity contribution in [2.45, 2.75) is 57.0 Å². The van der Waals surface area contributed by atoms with E-state index in [1.54, 1.807) is 14.0 Å². The SMILES string of the molecule is COc1ccc(-c2ccc([C@@H]3OC(C)(C)[C@H]4C[C@H]3[C@](C)(O)[C@@H](O)C4)cc2)cc1. The second kappa shape index (κ2) is 6.87. The van der Waals surface area contributed by atoms with Crippen molar-refractivity contribution in [3.05, 3.63) is 54.1 Å². The normalized spacial score (nSPS) is 34.1. The summed E-state index contributed by atoms with van der Waals surface area (Å²) in [6.45, 7) is 5.94. The first-order chi connectivity index (χ1) is 13.2. The number of hydrogen-bond acceptors (Lipinski definition) is 4. The Hall–Kier alpha value is -1.88. The third kappa shape index (κ3) is 3.24. The van der Waals surface area contributed by atoms with Crippen molar-refractivity contribution in [3.8, 4) is 16.9 Å². The summed E-state index contributed by atoms with van der Waals surface area (Å²) in [6.07, 6.45) is 0.489. The van der Waals surface area contributed by atoms with Gasteiger partial charge in [-0.1, -0.05) is 36.4 Å². The average molecular weight is 383 g/mol. The minimum atomic E-state index is -1.15. The van der Waals surface area contributed by atoms with Gasteiger partial charge in [0.15, 0.2) is 0 Å². The van der Waals surface area contributed by atoms with Crippen molar-refractivity contribution in [2.75, 3.05) is 7.11 Å². The Morgan fingerprint density at radius 2 is 1.50 bits per heavy atom. The molecule has 2 fully saturated rings. The number of fused-ring (bicyclic) bond motifs is 2. The Bertz CT molecular complexity index is 823. The third-order valence-corrected chi connectivity index (χ3v) is 6.91. The fourth-order valence-corrected chi connectivity index (χ4v) is 4.85. The van der Waals surface area contributed by atoms with E-state index in [4.69, 9.17) is 9.47 Å². The van der Waals surface area contributed by atoms with Crippen molar-refractivity contribution in [3.63, 3.8) is 0 Å². The van der Waals surface area contributed by atoms with Gasteiger partial charge in [-0.15, -0.1) is 0 Å². The number of ether oxygens (including phenoxy) is 2. The van der Waals surface area contributed by atoms with Crippen LogP contribution in [0.15, 0.2) is 48.5 Å². The second-order valence-electron chi connectivity index (χ2n) is 9.01. The summed E-state index contributed by atoms with van der Waals surface area (Å²) in [5.41, 5.74) is 1.81. The zero-order valence-corrected chi connectivity index (χ0v) is 17.1. The van der Waals surface area contributed by atoms with E-state index in [1.807, 2.05) is 24.3 Å². The van der Waals surface area contributed by atoms with Crippen LogP contribution in [0.25, 0.3) is 11.1 Å². The summed E-state index contributed by atoms with van der Waals surface area (Å²) in [5.74, 6) is 0.967.